The third kappa shape index (κ3) is 4.23. The Kier molecular flexibility index (Phi) is 6.24. The first kappa shape index (κ1) is 28.2. The van der Waals surface area contributed by atoms with Gasteiger partial charge in [0.25, 0.3) is 0 Å². The van der Waals surface area contributed by atoms with Gasteiger partial charge in [0.15, 0.2) is 0 Å². The van der Waals surface area contributed by atoms with Gasteiger partial charge in [0.05, 0.1) is 28.4 Å². The molecule has 0 saturated heterocycles. The lowest BCUT2D eigenvalue weighted by Crippen LogP contribution is -2.10. The monoisotopic (exact) mass is 635 g/mol. The largest absolute Gasteiger partial charge is 0.310 e. The highest BCUT2D eigenvalue weighted by Crippen LogP contribution is 2.45. The third-order valence-corrected chi connectivity index (χ3v) is 10.1. The first-order valence-corrected chi connectivity index (χ1v) is 16.9. The molecule has 50 heavy (non-hydrogen) atoms. The number of hydrogen-bond donors (Lipinski definition) is 0. The molecular formula is C47H29N3. The molecule has 232 valence electrons. The van der Waals surface area contributed by atoms with Crippen LogP contribution in [0, 0.1) is 11.3 Å². The van der Waals surface area contributed by atoms with Gasteiger partial charge in [0.1, 0.15) is 0 Å². The highest BCUT2D eigenvalue weighted by Gasteiger charge is 2.20. The highest BCUT2D eigenvalue weighted by molar-refractivity contribution is 6.28. The summed E-state index contributed by atoms with van der Waals surface area (Å²) in [6.45, 7) is 0. The van der Waals surface area contributed by atoms with Crippen molar-refractivity contribution in [1.29, 1.82) is 5.26 Å². The van der Waals surface area contributed by atoms with Crippen molar-refractivity contribution in [3.8, 4) is 22.9 Å². The maximum atomic E-state index is 9.49. The molecule has 0 aliphatic rings. The number of anilines is 3. The summed E-state index contributed by atoms with van der Waals surface area (Å²) in [5.41, 5.74) is 9.78. The second-order valence-electron chi connectivity index (χ2n) is 12.9. The molecule has 0 radical (unpaired) electrons. The normalized spacial score (nSPS) is 11.6. The Labute approximate surface area is 289 Å². The molecule has 0 amide bonds. The summed E-state index contributed by atoms with van der Waals surface area (Å²) in [6.07, 6.45) is 0. The Morgan fingerprint density at radius 3 is 1.78 bits per heavy atom. The van der Waals surface area contributed by atoms with Gasteiger partial charge < -0.3 is 9.47 Å². The first-order valence-electron chi connectivity index (χ1n) is 16.9. The van der Waals surface area contributed by atoms with Crippen molar-refractivity contribution in [3.63, 3.8) is 0 Å². The van der Waals surface area contributed by atoms with Crippen molar-refractivity contribution in [3.05, 3.63) is 181 Å². The molecule has 1 aromatic heterocycles. The summed E-state index contributed by atoms with van der Waals surface area (Å²) >= 11 is 0. The SMILES string of the molecule is N#Cc1ccc(N(c2ccccc2)c2ccc3ccc4c(-c5cccc(-n6c7ccccc7c7ccccc76)c5)ccc5ccc2c3c54)cc1. The van der Waals surface area contributed by atoms with Crippen LogP contribution in [0.15, 0.2) is 176 Å². The molecule has 0 spiro atoms. The first-order chi connectivity index (χ1) is 24.8. The van der Waals surface area contributed by atoms with Crippen molar-refractivity contribution in [2.75, 3.05) is 4.90 Å². The van der Waals surface area contributed by atoms with E-state index in [4.69, 9.17) is 0 Å². The number of fused-ring (bicyclic) bond motifs is 3. The zero-order valence-electron chi connectivity index (χ0n) is 27.1. The number of nitrogens with zero attached hydrogens (tertiary/aromatic N) is 3. The van der Waals surface area contributed by atoms with E-state index < -0.39 is 0 Å². The molecule has 1 heterocycles. The highest BCUT2D eigenvalue weighted by atomic mass is 15.1. The number of para-hydroxylation sites is 3. The maximum Gasteiger partial charge on any atom is 0.0991 e. The van der Waals surface area contributed by atoms with Crippen molar-refractivity contribution in [2.24, 2.45) is 0 Å². The van der Waals surface area contributed by atoms with Crippen molar-refractivity contribution in [2.45, 2.75) is 0 Å². The Morgan fingerprint density at radius 2 is 1.06 bits per heavy atom. The van der Waals surface area contributed by atoms with Gasteiger partial charge in [0, 0.05) is 33.2 Å². The van der Waals surface area contributed by atoms with E-state index in [1.54, 1.807) is 0 Å². The van der Waals surface area contributed by atoms with E-state index >= 15 is 0 Å². The van der Waals surface area contributed by atoms with Crippen molar-refractivity contribution < 1.29 is 0 Å². The van der Waals surface area contributed by atoms with Gasteiger partial charge in [-0.25, -0.2) is 0 Å². The summed E-state index contributed by atoms with van der Waals surface area (Å²) in [5, 5.41) is 19.4. The molecule has 0 N–H and O–H groups in total. The lowest BCUT2D eigenvalue weighted by atomic mass is 9.89. The standard InChI is InChI=1S/C47H29N3/c48-30-31-17-23-36(24-18-31)49(35-10-2-1-3-11-35)45-28-22-33-20-26-41-38(25-19-32-21-27-42(45)47(33)46(32)41)34-9-8-12-37(29-34)50-43-15-6-4-13-39(43)40-14-5-7-16-44(40)50/h1-29H. The molecular weight excluding hydrogens is 607 g/mol. The van der Waals surface area contributed by atoms with Gasteiger partial charge in [-0.05, 0) is 105 Å². The van der Waals surface area contributed by atoms with Gasteiger partial charge in [-0.2, -0.15) is 5.26 Å². The van der Waals surface area contributed by atoms with Crippen LogP contribution < -0.4 is 4.90 Å². The fourth-order valence-electron chi connectivity index (χ4n) is 7.93. The smallest absolute Gasteiger partial charge is 0.0991 e. The zero-order valence-corrected chi connectivity index (χ0v) is 27.1. The average Bonchev–Trinajstić information content (AvgIpc) is 3.52. The van der Waals surface area contributed by atoms with Crippen molar-refractivity contribution >= 4 is 71.2 Å². The number of benzene rings is 9. The number of nitriles is 1. The van der Waals surface area contributed by atoms with Gasteiger partial charge in [-0.1, -0.05) is 109 Å². The molecule has 0 atom stereocenters. The van der Waals surface area contributed by atoms with E-state index in [1.807, 2.05) is 30.3 Å². The summed E-state index contributed by atoms with van der Waals surface area (Å²) < 4.78 is 2.39. The van der Waals surface area contributed by atoms with Crippen LogP contribution in [0.25, 0.3) is 70.9 Å². The van der Waals surface area contributed by atoms with Crippen LogP contribution in [-0.4, -0.2) is 4.57 Å². The summed E-state index contributed by atoms with van der Waals surface area (Å²) in [4.78, 5) is 2.29. The fourth-order valence-corrected chi connectivity index (χ4v) is 7.93. The van der Waals surface area contributed by atoms with Gasteiger partial charge in [-0.3, -0.25) is 0 Å². The zero-order chi connectivity index (χ0) is 33.2. The van der Waals surface area contributed by atoms with E-state index in [-0.39, 0.29) is 0 Å². The van der Waals surface area contributed by atoms with Gasteiger partial charge in [0.2, 0.25) is 0 Å². The maximum absolute atomic E-state index is 9.49. The topological polar surface area (TPSA) is 32.0 Å². The van der Waals surface area contributed by atoms with Crippen LogP contribution in [0.2, 0.25) is 0 Å². The Morgan fingerprint density at radius 1 is 0.460 bits per heavy atom. The van der Waals surface area contributed by atoms with E-state index in [9.17, 15) is 5.26 Å². The number of rotatable bonds is 5. The van der Waals surface area contributed by atoms with Crippen molar-refractivity contribution in [1.82, 2.24) is 4.57 Å². The second-order valence-corrected chi connectivity index (χ2v) is 12.9. The minimum Gasteiger partial charge on any atom is -0.310 e. The molecule has 10 aromatic rings. The molecule has 10 rings (SSSR count). The number of aromatic nitrogens is 1. The quantitative estimate of drug-likeness (QED) is 0.176. The van der Waals surface area contributed by atoms with Crippen LogP contribution in [0.3, 0.4) is 0 Å². The molecule has 0 aliphatic carbocycles. The minimum atomic E-state index is 0.645. The van der Waals surface area contributed by atoms with Crippen LogP contribution >= 0.6 is 0 Å². The Balaban J connectivity index is 1.19. The molecule has 0 unspecified atom stereocenters. The third-order valence-electron chi connectivity index (χ3n) is 10.1. The molecule has 9 aromatic carbocycles. The summed E-state index contributed by atoms with van der Waals surface area (Å²) in [5.74, 6) is 0. The van der Waals surface area contributed by atoms with E-state index in [0.717, 1.165) is 22.7 Å². The molecule has 0 bridgehead atoms. The second kappa shape index (κ2) is 11.1. The van der Waals surface area contributed by atoms with E-state index in [1.165, 1.54) is 65.3 Å². The van der Waals surface area contributed by atoms with E-state index in [0.29, 0.717) is 5.56 Å². The molecule has 0 aliphatic heterocycles. The van der Waals surface area contributed by atoms with Crippen LogP contribution in [0.5, 0.6) is 0 Å². The predicted molar refractivity (Wildman–Crippen MR) is 209 cm³/mol. The van der Waals surface area contributed by atoms with E-state index in [2.05, 4.69) is 161 Å². The van der Waals surface area contributed by atoms with Gasteiger partial charge >= 0.3 is 0 Å². The summed E-state index contributed by atoms with van der Waals surface area (Å²) in [7, 11) is 0. The molecule has 0 saturated carbocycles. The number of hydrogen-bond acceptors (Lipinski definition) is 2. The summed E-state index contributed by atoms with van der Waals surface area (Å²) in [6, 6.07) is 65.0. The average molecular weight is 636 g/mol. The predicted octanol–water partition coefficient (Wildman–Crippen LogP) is 12.7. The minimum absolute atomic E-state index is 0.645. The van der Waals surface area contributed by atoms with Crippen LogP contribution in [0.4, 0.5) is 17.1 Å². The van der Waals surface area contributed by atoms with Gasteiger partial charge in [-0.15, -0.1) is 0 Å². The molecule has 0 fully saturated rings. The van der Waals surface area contributed by atoms with Crippen LogP contribution in [0.1, 0.15) is 5.56 Å². The molecule has 3 heteroatoms. The lowest BCUT2D eigenvalue weighted by Gasteiger charge is -2.27. The fraction of sp³-hybridized carbons (Fsp3) is 0. The Bertz CT molecular complexity index is 2880. The lowest BCUT2D eigenvalue weighted by molar-refractivity contribution is 1.18. The van der Waals surface area contributed by atoms with Crippen LogP contribution in [-0.2, 0) is 0 Å². The Hall–Kier alpha value is -6.89. The molecule has 3 nitrogen and oxygen atoms in total.